The van der Waals surface area contributed by atoms with Gasteiger partial charge in [-0.05, 0) is 30.7 Å². The van der Waals surface area contributed by atoms with E-state index in [9.17, 15) is 4.79 Å². The molecular formula is C16H17N3O. The Labute approximate surface area is 118 Å². The summed E-state index contributed by atoms with van der Waals surface area (Å²) in [6.45, 7) is 6.02. The monoisotopic (exact) mass is 267 g/mol. The van der Waals surface area contributed by atoms with Gasteiger partial charge in [-0.1, -0.05) is 24.3 Å². The van der Waals surface area contributed by atoms with Crippen LogP contribution in [0, 0.1) is 6.92 Å². The summed E-state index contributed by atoms with van der Waals surface area (Å²) in [6, 6.07) is 11.5. The third-order valence-corrected chi connectivity index (χ3v) is 2.82. The van der Waals surface area contributed by atoms with E-state index in [1.54, 1.807) is 18.3 Å². The van der Waals surface area contributed by atoms with Gasteiger partial charge in [-0.25, -0.2) is 0 Å². The van der Waals surface area contributed by atoms with Crippen LogP contribution in [0.1, 0.15) is 16.1 Å². The van der Waals surface area contributed by atoms with Gasteiger partial charge in [0.25, 0.3) is 5.91 Å². The lowest BCUT2D eigenvalue weighted by atomic mass is 10.2. The normalized spacial score (nSPS) is 9.85. The van der Waals surface area contributed by atoms with Gasteiger partial charge in [-0.15, -0.1) is 6.58 Å². The highest BCUT2D eigenvalue weighted by Crippen LogP contribution is 2.20. The molecule has 0 fully saturated rings. The number of hydrogen-bond donors (Lipinski definition) is 2. The maximum atomic E-state index is 11.8. The summed E-state index contributed by atoms with van der Waals surface area (Å²) in [5, 5.41) is 5.99. The highest BCUT2D eigenvalue weighted by molar-refractivity contribution is 5.93. The van der Waals surface area contributed by atoms with Gasteiger partial charge in [0.2, 0.25) is 0 Å². The average Bonchev–Trinajstić information content (AvgIpc) is 2.47. The first-order valence-electron chi connectivity index (χ1n) is 6.38. The number of nitrogens with zero attached hydrogens (tertiary/aromatic N) is 1. The number of nitrogens with one attached hydrogen (secondary N) is 2. The smallest absolute Gasteiger partial charge is 0.270 e. The minimum absolute atomic E-state index is 0.210. The number of pyridine rings is 1. The second kappa shape index (κ2) is 6.52. The molecule has 0 aliphatic carbocycles. The van der Waals surface area contributed by atoms with E-state index >= 15 is 0 Å². The molecule has 2 rings (SSSR count). The first kappa shape index (κ1) is 13.8. The summed E-state index contributed by atoms with van der Waals surface area (Å²) < 4.78 is 0. The van der Waals surface area contributed by atoms with E-state index in [4.69, 9.17) is 0 Å². The molecule has 1 amide bonds. The Bertz CT molecular complexity index is 623. The molecule has 2 aromatic rings. The lowest BCUT2D eigenvalue weighted by molar-refractivity contribution is 0.0953. The molecule has 1 aromatic carbocycles. The van der Waals surface area contributed by atoms with Gasteiger partial charge in [0.05, 0.1) is 0 Å². The highest BCUT2D eigenvalue weighted by Gasteiger charge is 2.07. The van der Waals surface area contributed by atoms with E-state index < -0.39 is 0 Å². The van der Waals surface area contributed by atoms with E-state index in [1.807, 2.05) is 37.3 Å². The minimum Gasteiger partial charge on any atom is -0.355 e. The molecule has 0 bridgehead atoms. The van der Waals surface area contributed by atoms with Crippen molar-refractivity contribution >= 4 is 17.3 Å². The molecule has 0 saturated carbocycles. The Hall–Kier alpha value is -2.62. The standard InChI is InChI=1S/C16H17N3O/c1-3-9-18-16(20)15-11-13(8-10-17-15)19-14-7-5-4-6-12(14)2/h3-8,10-11H,1,9H2,2H3,(H,17,19)(H,18,20). The summed E-state index contributed by atoms with van der Waals surface area (Å²) in [7, 11) is 0. The van der Waals surface area contributed by atoms with Crippen molar-refractivity contribution in [3.05, 3.63) is 66.5 Å². The van der Waals surface area contributed by atoms with Crippen LogP contribution in [0.3, 0.4) is 0 Å². The van der Waals surface area contributed by atoms with Crippen LogP contribution in [0.15, 0.2) is 55.3 Å². The zero-order valence-electron chi connectivity index (χ0n) is 11.4. The number of anilines is 2. The first-order chi connectivity index (χ1) is 9.70. The van der Waals surface area contributed by atoms with Crippen molar-refractivity contribution in [1.82, 2.24) is 10.3 Å². The van der Waals surface area contributed by atoms with E-state index in [0.29, 0.717) is 12.2 Å². The molecule has 2 N–H and O–H groups in total. The predicted molar refractivity (Wildman–Crippen MR) is 81.2 cm³/mol. The van der Waals surface area contributed by atoms with Crippen LogP contribution >= 0.6 is 0 Å². The number of aromatic nitrogens is 1. The van der Waals surface area contributed by atoms with Crippen LogP contribution in [0.25, 0.3) is 0 Å². The van der Waals surface area contributed by atoms with Crippen molar-refractivity contribution in [3.8, 4) is 0 Å². The van der Waals surface area contributed by atoms with Gasteiger partial charge in [-0.3, -0.25) is 9.78 Å². The SMILES string of the molecule is C=CCNC(=O)c1cc(Nc2ccccc2C)ccn1. The summed E-state index contributed by atoms with van der Waals surface area (Å²) in [5.74, 6) is -0.210. The predicted octanol–water partition coefficient (Wildman–Crippen LogP) is 3.05. The number of carbonyl (C=O) groups is 1. The van der Waals surface area contributed by atoms with Crippen molar-refractivity contribution in [2.45, 2.75) is 6.92 Å². The molecule has 0 atom stereocenters. The second-order valence-corrected chi connectivity index (χ2v) is 4.37. The Morgan fingerprint density at radius 1 is 1.35 bits per heavy atom. The minimum atomic E-state index is -0.210. The van der Waals surface area contributed by atoms with E-state index in [1.165, 1.54) is 0 Å². The van der Waals surface area contributed by atoms with Gasteiger partial charge >= 0.3 is 0 Å². The zero-order valence-corrected chi connectivity index (χ0v) is 11.4. The Morgan fingerprint density at radius 3 is 2.90 bits per heavy atom. The van der Waals surface area contributed by atoms with Gasteiger partial charge in [-0.2, -0.15) is 0 Å². The summed E-state index contributed by atoms with van der Waals surface area (Å²) in [4.78, 5) is 15.9. The topological polar surface area (TPSA) is 54.0 Å². The van der Waals surface area contributed by atoms with Crippen molar-refractivity contribution in [2.75, 3.05) is 11.9 Å². The highest BCUT2D eigenvalue weighted by atomic mass is 16.1. The number of benzene rings is 1. The number of hydrogen-bond acceptors (Lipinski definition) is 3. The molecule has 0 aliphatic heterocycles. The molecule has 0 radical (unpaired) electrons. The molecule has 0 unspecified atom stereocenters. The molecule has 0 spiro atoms. The van der Waals surface area contributed by atoms with Crippen LogP contribution in [-0.4, -0.2) is 17.4 Å². The third-order valence-electron chi connectivity index (χ3n) is 2.82. The Balaban J connectivity index is 2.16. The first-order valence-corrected chi connectivity index (χ1v) is 6.38. The van der Waals surface area contributed by atoms with Crippen molar-refractivity contribution in [1.29, 1.82) is 0 Å². The van der Waals surface area contributed by atoms with Gasteiger partial charge < -0.3 is 10.6 Å². The molecular weight excluding hydrogens is 250 g/mol. The maximum absolute atomic E-state index is 11.8. The number of amides is 1. The zero-order chi connectivity index (χ0) is 14.4. The Kier molecular flexibility index (Phi) is 4.50. The number of carbonyl (C=O) groups excluding carboxylic acids is 1. The van der Waals surface area contributed by atoms with E-state index in [0.717, 1.165) is 16.9 Å². The average molecular weight is 267 g/mol. The molecule has 4 heteroatoms. The fraction of sp³-hybridized carbons (Fsp3) is 0.125. The van der Waals surface area contributed by atoms with E-state index in [2.05, 4.69) is 22.2 Å². The van der Waals surface area contributed by atoms with Crippen molar-refractivity contribution in [3.63, 3.8) is 0 Å². The van der Waals surface area contributed by atoms with Crippen LogP contribution in [0.5, 0.6) is 0 Å². The lowest BCUT2D eigenvalue weighted by Crippen LogP contribution is -2.24. The third kappa shape index (κ3) is 3.45. The molecule has 1 heterocycles. The van der Waals surface area contributed by atoms with E-state index in [-0.39, 0.29) is 5.91 Å². The summed E-state index contributed by atoms with van der Waals surface area (Å²) >= 11 is 0. The fourth-order valence-corrected chi connectivity index (χ4v) is 1.76. The van der Waals surface area contributed by atoms with Gasteiger partial charge in [0.15, 0.2) is 0 Å². The van der Waals surface area contributed by atoms with Crippen LogP contribution in [0.2, 0.25) is 0 Å². The van der Waals surface area contributed by atoms with Crippen LogP contribution in [-0.2, 0) is 0 Å². The number of para-hydroxylation sites is 1. The van der Waals surface area contributed by atoms with Gasteiger partial charge in [0.1, 0.15) is 5.69 Å². The molecule has 102 valence electrons. The molecule has 1 aromatic heterocycles. The summed E-state index contributed by atoms with van der Waals surface area (Å²) in [6.07, 6.45) is 3.25. The van der Waals surface area contributed by atoms with Gasteiger partial charge in [0, 0.05) is 24.1 Å². The quantitative estimate of drug-likeness (QED) is 0.819. The fourth-order valence-electron chi connectivity index (χ4n) is 1.76. The number of rotatable bonds is 5. The Morgan fingerprint density at radius 2 is 2.15 bits per heavy atom. The number of aryl methyl sites for hydroxylation is 1. The molecule has 0 saturated heterocycles. The molecule has 20 heavy (non-hydrogen) atoms. The van der Waals surface area contributed by atoms with Crippen molar-refractivity contribution < 1.29 is 4.79 Å². The maximum Gasteiger partial charge on any atom is 0.270 e. The molecule has 4 nitrogen and oxygen atoms in total. The summed E-state index contributed by atoms with van der Waals surface area (Å²) in [5.41, 5.74) is 3.36. The van der Waals surface area contributed by atoms with Crippen LogP contribution < -0.4 is 10.6 Å². The largest absolute Gasteiger partial charge is 0.355 e. The van der Waals surface area contributed by atoms with Crippen molar-refractivity contribution in [2.24, 2.45) is 0 Å². The second-order valence-electron chi connectivity index (χ2n) is 4.37. The lowest BCUT2D eigenvalue weighted by Gasteiger charge is -2.10. The van der Waals surface area contributed by atoms with Crippen LogP contribution in [0.4, 0.5) is 11.4 Å². The molecule has 0 aliphatic rings.